The van der Waals surface area contributed by atoms with Gasteiger partial charge in [0.15, 0.2) is 5.82 Å². The average Bonchev–Trinajstić information content (AvgIpc) is 3.46. The van der Waals surface area contributed by atoms with E-state index in [-0.39, 0.29) is 0 Å². The van der Waals surface area contributed by atoms with E-state index >= 15 is 0 Å². The second-order valence-corrected chi connectivity index (χ2v) is 11.0. The van der Waals surface area contributed by atoms with Crippen molar-refractivity contribution in [3.8, 4) is 56.8 Å². The summed E-state index contributed by atoms with van der Waals surface area (Å²) >= 11 is 0. The van der Waals surface area contributed by atoms with Crippen molar-refractivity contribution in [2.24, 2.45) is 0 Å². The Morgan fingerprint density at radius 3 is 1.69 bits per heavy atom. The molecule has 8 rings (SSSR count). The zero-order valence-corrected chi connectivity index (χ0v) is 24.3. The number of nitrogens with zero attached hydrogens (tertiary/aromatic N) is 4. The van der Waals surface area contributed by atoms with Crippen LogP contribution in [0.5, 0.6) is 0 Å². The highest BCUT2D eigenvalue weighted by atomic mass is 15.0. The number of para-hydroxylation sites is 1. The van der Waals surface area contributed by atoms with Crippen LogP contribution in [0.1, 0.15) is 5.56 Å². The summed E-state index contributed by atoms with van der Waals surface area (Å²) in [7, 11) is 0. The number of rotatable bonds is 5. The van der Waals surface area contributed by atoms with Crippen molar-refractivity contribution in [1.82, 2.24) is 14.5 Å². The van der Waals surface area contributed by atoms with Crippen LogP contribution in [0.4, 0.5) is 0 Å². The van der Waals surface area contributed by atoms with Crippen molar-refractivity contribution in [3.63, 3.8) is 0 Å². The van der Waals surface area contributed by atoms with Crippen LogP contribution in [0, 0.1) is 11.3 Å². The van der Waals surface area contributed by atoms with Gasteiger partial charge in [0, 0.05) is 27.5 Å². The lowest BCUT2D eigenvalue weighted by Crippen LogP contribution is -2.02. The van der Waals surface area contributed by atoms with E-state index in [1.807, 2.05) is 66.7 Å². The quantitative estimate of drug-likeness (QED) is 0.205. The summed E-state index contributed by atoms with van der Waals surface area (Å²) < 4.78 is 2.27. The Bertz CT molecular complexity index is 2310. The molecule has 0 unspecified atom stereocenters. The highest BCUT2D eigenvalue weighted by Gasteiger charge is 2.19. The maximum absolute atomic E-state index is 9.98. The van der Waals surface area contributed by atoms with Crippen molar-refractivity contribution < 1.29 is 0 Å². The Morgan fingerprint density at radius 2 is 1.04 bits per heavy atom. The molecule has 0 aliphatic carbocycles. The standard InChI is InChI=1S/C41H26N4/c42-27-28-20-22-40(45-38-19-11-10-18-33(38)34-25-32(21-23-39(34)45)29-12-4-1-5-13-29)35(24-28)41-43-36(30-14-6-2-7-15-30)26-37(44-41)31-16-8-3-9-17-31/h1-26H. The van der Waals surface area contributed by atoms with E-state index in [1.165, 1.54) is 5.56 Å². The van der Waals surface area contributed by atoms with Gasteiger partial charge in [-0.1, -0.05) is 115 Å². The van der Waals surface area contributed by atoms with E-state index in [0.717, 1.165) is 61.1 Å². The summed E-state index contributed by atoms with van der Waals surface area (Å²) in [4.78, 5) is 10.3. The zero-order valence-electron chi connectivity index (χ0n) is 24.3. The van der Waals surface area contributed by atoms with Gasteiger partial charge in [-0.3, -0.25) is 0 Å². The zero-order chi connectivity index (χ0) is 30.2. The first-order chi connectivity index (χ1) is 22.3. The van der Waals surface area contributed by atoms with Crippen LogP contribution < -0.4 is 0 Å². The molecule has 0 radical (unpaired) electrons. The van der Waals surface area contributed by atoms with Gasteiger partial charge in [0.1, 0.15) is 0 Å². The number of hydrogen-bond acceptors (Lipinski definition) is 3. The molecular formula is C41H26N4. The molecular weight excluding hydrogens is 548 g/mol. The fraction of sp³-hybridized carbons (Fsp3) is 0. The number of fused-ring (bicyclic) bond motifs is 3. The minimum atomic E-state index is 0.552. The summed E-state index contributed by atoms with van der Waals surface area (Å²) in [6.07, 6.45) is 0. The van der Waals surface area contributed by atoms with Crippen LogP contribution >= 0.6 is 0 Å². The first-order valence-electron chi connectivity index (χ1n) is 14.9. The van der Waals surface area contributed by atoms with Crippen LogP contribution in [-0.2, 0) is 0 Å². The minimum Gasteiger partial charge on any atom is -0.308 e. The van der Waals surface area contributed by atoms with E-state index in [1.54, 1.807) is 0 Å². The molecule has 8 aromatic rings. The normalized spacial score (nSPS) is 11.1. The topological polar surface area (TPSA) is 54.5 Å². The molecule has 2 heterocycles. The van der Waals surface area contributed by atoms with Crippen molar-refractivity contribution >= 4 is 21.8 Å². The van der Waals surface area contributed by atoms with E-state index in [2.05, 4.69) is 102 Å². The maximum atomic E-state index is 9.98. The molecule has 0 aliphatic rings. The molecule has 4 nitrogen and oxygen atoms in total. The maximum Gasteiger partial charge on any atom is 0.162 e. The minimum absolute atomic E-state index is 0.552. The number of aromatic nitrogens is 3. The number of nitriles is 1. The van der Waals surface area contributed by atoms with Gasteiger partial charge in [-0.05, 0) is 53.6 Å². The molecule has 0 saturated heterocycles. The summed E-state index contributed by atoms with van der Waals surface area (Å²) in [5.74, 6) is 0.564. The monoisotopic (exact) mass is 574 g/mol. The highest BCUT2D eigenvalue weighted by molar-refractivity contribution is 6.11. The molecule has 4 heteroatoms. The lowest BCUT2D eigenvalue weighted by atomic mass is 10.0. The van der Waals surface area contributed by atoms with Gasteiger partial charge in [0.25, 0.3) is 0 Å². The Labute approximate surface area is 261 Å². The molecule has 0 fully saturated rings. The van der Waals surface area contributed by atoms with Crippen molar-refractivity contribution in [2.45, 2.75) is 0 Å². The fourth-order valence-electron chi connectivity index (χ4n) is 6.10. The van der Waals surface area contributed by atoms with E-state index in [0.29, 0.717) is 11.4 Å². The predicted octanol–water partition coefficient (Wildman–Crippen LogP) is 10.1. The third-order valence-electron chi connectivity index (χ3n) is 8.25. The van der Waals surface area contributed by atoms with E-state index < -0.39 is 0 Å². The number of hydrogen-bond donors (Lipinski definition) is 0. The summed E-state index contributed by atoms with van der Waals surface area (Å²) in [6.45, 7) is 0. The van der Waals surface area contributed by atoms with Gasteiger partial charge in [-0.25, -0.2) is 9.97 Å². The van der Waals surface area contributed by atoms with Crippen LogP contribution in [0.3, 0.4) is 0 Å². The van der Waals surface area contributed by atoms with Crippen LogP contribution in [0.15, 0.2) is 158 Å². The van der Waals surface area contributed by atoms with E-state index in [9.17, 15) is 5.26 Å². The Hall–Kier alpha value is -6.31. The SMILES string of the molecule is N#Cc1ccc(-n2c3ccccc3c3cc(-c4ccccc4)ccc32)c(-c2nc(-c3ccccc3)cc(-c3ccccc3)n2)c1. The Balaban J connectivity index is 1.41. The average molecular weight is 575 g/mol. The van der Waals surface area contributed by atoms with Gasteiger partial charge in [-0.15, -0.1) is 0 Å². The van der Waals surface area contributed by atoms with Crippen molar-refractivity contribution in [1.29, 1.82) is 5.26 Å². The highest BCUT2D eigenvalue weighted by Crippen LogP contribution is 2.38. The molecule has 45 heavy (non-hydrogen) atoms. The molecule has 0 aliphatic heterocycles. The molecule has 6 aromatic carbocycles. The third-order valence-corrected chi connectivity index (χ3v) is 8.25. The van der Waals surface area contributed by atoms with Crippen LogP contribution in [0.2, 0.25) is 0 Å². The predicted molar refractivity (Wildman–Crippen MR) is 183 cm³/mol. The van der Waals surface area contributed by atoms with Crippen LogP contribution in [0.25, 0.3) is 72.5 Å². The summed E-state index contributed by atoms with van der Waals surface area (Å²) in [5.41, 5.74) is 10.4. The summed E-state index contributed by atoms with van der Waals surface area (Å²) in [6, 6.07) is 56.1. The van der Waals surface area contributed by atoms with Crippen LogP contribution in [-0.4, -0.2) is 14.5 Å². The molecule has 0 spiro atoms. The Morgan fingerprint density at radius 1 is 0.467 bits per heavy atom. The fourth-order valence-corrected chi connectivity index (χ4v) is 6.10. The number of benzene rings is 6. The lowest BCUT2D eigenvalue weighted by molar-refractivity contribution is 1.14. The van der Waals surface area contributed by atoms with Gasteiger partial charge in [-0.2, -0.15) is 5.26 Å². The lowest BCUT2D eigenvalue weighted by Gasteiger charge is -2.15. The summed E-state index contributed by atoms with van der Waals surface area (Å²) in [5, 5.41) is 12.3. The molecule has 2 aromatic heterocycles. The molecule has 0 saturated carbocycles. The molecule has 0 bridgehead atoms. The van der Waals surface area contributed by atoms with Gasteiger partial charge in [0.2, 0.25) is 0 Å². The smallest absolute Gasteiger partial charge is 0.162 e. The second-order valence-electron chi connectivity index (χ2n) is 11.0. The van der Waals surface area contributed by atoms with Crippen molar-refractivity contribution in [2.75, 3.05) is 0 Å². The first kappa shape index (κ1) is 26.3. The Kier molecular flexibility index (Phi) is 6.48. The second kappa shape index (κ2) is 11.1. The first-order valence-corrected chi connectivity index (χ1v) is 14.9. The molecule has 0 amide bonds. The van der Waals surface area contributed by atoms with E-state index in [4.69, 9.17) is 9.97 Å². The molecule has 210 valence electrons. The van der Waals surface area contributed by atoms with Gasteiger partial charge in [0.05, 0.1) is 39.7 Å². The van der Waals surface area contributed by atoms with Gasteiger partial charge < -0.3 is 4.57 Å². The largest absolute Gasteiger partial charge is 0.308 e. The van der Waals surface area contributed by atoms with Crippen molar-refractivity contribution in [3.05, 3.63) is 163 Å². The van der Waals surface area contributed by atoms with Gasteiger partial charge >= 0.3 is 0 Å². The molecule has 0 N–H and O–H groups in total. The third kappa shape index (κ3) is 4.74. The molecule has 0 atom stereocenters.